The quantitative estimate of drug-likeness (QED) is 0.889. The SMILES string of the molecule is NC1CCC(NS(=O)(=O)c2cccc(Br)c2)CC1. The van der Waals surface area contributed by atoms with Gasteiger partial charge in [0.15, 0.2) is 0 Å². The van der Waals surface area contributed by atoms with Gasteiger partial charge in [-0.2, -0.15) is 0 Å². The second kappa shape index (κ2) is 5.69. The van der Waals surface area contributed by atoms with Crippen molar-refractivity contribution in [1.82, 2.24) is 4.72 Å². The highest BCUT2D eigenvalue weighted by atomic mass is 79.9. The van der Waals surface area contributed by atoms with Crippen molar-refractivity contribution in [2.24, 2.45) is 5.73 Å². The summed E-state index contributed by atoms with van der Waals surface area (Å²) in [6.45, 7) is 0. The lowest BCUT2D eigenvalue weighted by molar-refractivity contribution is 0.373. The van der Waals surface area contributed by atoms with E-state index in [0.717, 1.165) is 30.2 Å². The maximum Gasteiger partial charge on any atom is 0.240 e. The smallest absolute Gasteiger partial charge is 0.240 e. The van der Waals surface area contributed by atoms with E-state index < -0.39 is 10.0 Å². The number of halogens is 1. The molecule has 1 aliphatic carbocycles. The highest BCUT2D eigenvalue weighted by Crippen LogP contribution is 2.21. The van der Waals surface area contributed by atoms with E-state index in [-0.39, 0.29) is 12.1 Å². The third kappa shape index (κ3) is 3.54. The molecule has 0 spiro atoms. The largest absolute Gasteiger partial charge is 0.328 e. The minimum absolute atomic E-state index is 0.00813. The van der Waals surface area contributed by atoms with Gasteiger partial charge >= 0.3 is 0 Å². The second-order valence-electron chi connectivity index (χ2n) is 4.69. The van der Waals surface area contributed by atoms with Crippen LogP contribution in [-0.2, 0) is 10.0 Å². The molecule has 0 aromatic heterocycles. The van der Waals surface area contributed by atoms with Gasteiger partial charge in [-0.15, -0.1) is 0 Å². The van der Waals surface area contributed by atoms with E-state index in [0.29, 0.717) is 4.90 Å². The molecular weight excluding hydrogens is 316 g/mol. The van der Waals surface area contributed by atoms with Crippen LogP contribution in [0, 0.1) is 0 Å². The topological polar surface area (TPSA) is 72.2 Å². The van der Waals surface area contributed by atoms with Crippen LogP contribution in [0.15, 0.2) is 33.6 Å². The first-order valence-corrected chi connectivity index (χ1v) is 8.28. The Morgan fingerprint density at radius 1 is 1.22 bits per heavy atom. The molecule has 1 aromatic carbocycles. The van der Waals surface area contributed by atoms with Crippen molar-refractivity contribution in [3.05, 3.63) is 28.7 Å². The van der Waals surface area contributed by atoms with Crippen LogP contribution in [0.1, 0.15) is 25.7 Å². The van der Waals surface area contributed by atoms with Gasteiger partial charge in [0, 0.05) is 16.6 Å². The van der Waals surface area contributed by atoms with E-state index in [2.05, 4.69) is 20.7 Å². The molecule has 4 nitrogen and oxygen atoms in total. The minimum atomic E-state index is -3.42. The van der Waals surface area contributed by atoms with E-state index in [1.54, 1.807) is 24.3 Å². The normalized spacial score (nSPS) is 25.0. The lowest BCUT2D eigenvalue weighted by atomic mass is 9.93. The molecule has 1 aliphatic rings. The Morgan fingerprint density at radius 2 is 1.89 bits per heavy atom. The van der Waals surface area contributed by atoms with E-state index in [1.165, 1.54) is 0 Å². The Bertz CT molecular complexity index is 511. The van der Waals surface area contributed by atoms with Crippen LogP contribution >= 0.6 is 15.9 Å². The first-order valence-electron chi connectivity index (χ1n) is 6.01. The van der Waals surface area contributed by atoms with Crippen molar-refractivity contribution in [2.75, 3.05) is 0 Å². The van der Waals surface area contributed by atoms with Crippen LogP contribution in [0.4, 0.5) is 0 Å². The predicted octanol–water partition coefficient (Wildman–Crippen LogP) is 2.00. The molecule has 1 aromatic rings. The zero-order valence-corrected chi connectivity index (χ0v) is 12.4. The molecule has 0 radical (unpaired) electrons. The van der Waals surface area contributed by atoms with Gasteiger partial charge in [0.25, 0.3) is 0 Å². The molecule has 0 aliphatic heterocycles. The van der Waals surface area contributed by atoms with Crippen molar-refractivity contribution in [2.45, 2.75) is 42.7 Å². The third-order valence-electron chi connectivity index (χ3n) is 3.20. The highest BCUT2D eigenvalue weighted by molar-refractivity contribution is 9.10. The minimum Gasteiger partial charge on any atom is -0.328 e. The van der Waals surface area contributed by atoms with Crippen LogP contribution in [0.25, 0.3) is 0 Å². The van der Waals surface area contributed by atoms with Crippen molar-refractivity contribution in [3.63, 3.8) is 0 Å². The molecule has 0 heterocycles. The first-order chi connectivity index (χ1) is 8.47. The molecule has 3 N–H and O–H groups in total. The lowest BCUT2D eigenvalue weighted by Gasteiger charge is -2.26. The summed E-state index contributed by atoms with van der Waals surface area (Å²) >= 11 is 3.28. The number of sulfonamides is 1. The van der Waals surface area contributed by atoms with Gasteiger partial charge in [0.1, 0.15) is 0 Å². The van der Waals surface area contributed by atoms with Crippen molar-refractivity contribution < 1.29 is 8.42 Å². The van der Waals surface area contributed by atoms with Crippen LogP contribution in [0.2, 0.25) is 0 Å². The first kappa shape index (κ1) is 14.0. The third-order valence-corrected chi connectivity index (χ3v) is 5.21. The molecule has 1 fully saturated rings. The molecule has 2 rings (SSSR count). The molecule has 0 amide bonds. The maximum atomic E-state index is 12.2. The van der Waals surface area contributed by atoms with E-state index in [9.17, 15) is 8.42 Å². The van der Waals surface area contributed by atoms with E-state index >= 15 is 0 Å². The molecular formula is C12H17BrN2O2S. The maximum absolute atomic E-state index is 12.2. The molecule has 18 heavy (non-hydrogen) atoms. The standard InChI is InChI=1S/C12H17BrN2O2S/c13-9-2-1-3-12(8-9)18(16,17)15-11-6-4-10(14)5-7-11/h1-3,8,10-11,15H,4-7,14H2. The summed E-state index contributed by atoms with van der Waals surface area (Å²) in [5.74, 6) is 0. The summed E-state index contributed by atoms with van der Waals surface area (Å²) in [6, 6.07) is 6.96. The molecule has 0 bridgehead atoms. The summed E-state index contributed by atoms with van der Waals surface area (Å²) in [4.78, 5) is 0.298. The Morgan fingerprint density at radius 3 is 2.50 bits per heavy atom. The van der Waals surface area contributed by atoms with Gasteiger partial charge in [-0.3, -0.25) is 0 Å². The van der Waals surface area contributed by atoms with Gasteiger partial charge in [-0.1, -0.05) is 22.0 Å². The summed E-state index contributed by atoms with van der Waals surface area (Å²) in [6.07, 6.45) is 3.39. The van der Waals surface area contributed by atoms with Crippen LogP contribution < -0.4 is 10.5 Å². The molecule has 100 valence electrons. The summed E-state index contributed by atoms with van der Waals surface area (Å²) in [5, 5.41) is 0. The molecule has 0 saturated heterocycles. The Hall–Kier alpha value is -0.430. The fourth-order valence-corrected chi connectivity index (χ4v) is 4.06. The predicted molar refractivity (Wildman–Crippen MR) is 74.7 cm³/mol. The lowest BCUT2D eigenvalue weighted by Crippen LogP contribution is -2.40. The summed E-state index contributed by atoms with van der Waals surface area (Å²) < 4.78 is 27.9. The van der Waals surface area contributed by atoms with Crippen LogP contribution in [-0.4, -0.2) is 20.5 Å². The van der Waals surface area contributed by atoms with Crippen molar-refractivity contribution in [3.8, 4) is 0 Å². The average Bonchev–Trinajstić information content (AvgIpc) is 2.32. The highest BCUT2D eigenvalue weighted by Gasteiger charge is 2.24. The fraction of sp³-hybridized carbons (Fsp3) is 0.500. The monoisotopic (exact) mass is 332 g/mol. The molecule has 6 heteroatoms. The van der Waals surface area contributed by atoms with E-state index in [1.807, 2.05) is 0 Å². The number of benzene rings is 1. The number of nitrogens with two attached hydrogens (primary N) is 1. The van der Waals surface area contributed by atoms with Crippen molar-refractivity contribution in [1.29, 1.82) is 0 Å². The number of hydrogen-bond acceptors (Lipinski definition) is 3. The van der Waals surface area contributed by atoms with Gasteiger partial charge in [-0.25, -0.2) is 13.1 Å². The van der Waals surface area contributed by atoms with Gasteiger partial charge < -0.3 is 5.73 Å². The van der Waals surface area contributed by atoms with Crippen molar-refractivity contribution >= 4 is 26.0 Å². The zero-order chi connectivity index (χ0) is 13.2. The molecule has 0 unspecified atom stereocenters. The summed E-state index contributed by atoms with van der Waals surface area (Å²) in [5.41, 5.74) is 5.81. The number of hydrogen-bond donors (Lipinski definition) is 2. The number of nitrogens with one attached hydrogen (secondary N) is 1. The average molecular weight is 333 g/mol. The van der Waals surface area contributed by atoms with Crippen LogP contribution in [0.5, 0.6) is 0 Å². The van der Waals surface area contributed by atoms with Gasteiger partial charge in [-0.05, 0) is 43.9 Å². The molecule has 0 atom stereocenters. The molecule has 1 saturated carbocycles. The zero-order valence-electron chi connectivity index (χ0n) is 9.97. The number of rotatable bonds is 3. The Balaban J connectivity index is 2.08. The summed E-state index contributed by atoms with van der Waals surface area (Å²) in [7, 11) is -3.42. The fourth-order valence-electron chi connectivity index (χ4n) is 2.16. The van der Waals surface area contributed by atoms with E-state index in [4.69, 9.17) is 5.73 Å². The van der Waals surface area contributed by atoms with Gasteiger partial charge in [0.2, 0.25) is 10.0 Å². The van der Waals surface area contributed by atoms with Crippen LogP contribution in [0.3, 0.4) is 0 Å². The Kier molecular flexibility index (Phi) is 4.42. The Labute approximate surface area is 116 Å². The van der Waals surface area contributed by atoms with Gasteiger partial charge in [0.05, 0.1) is 4.90 Å². The second-order valence-corrected chi connectivity index (χ2v) is 7.32.